The van der Waals surface area contributed by atoms with Crippen molar-refractivity contribution in [1.82, 2.24) is 5.32 Å². The molecule has 2 rings (SSSR count). The third kappa shape index (κ3) is 4.25. The Labute approximate surface area is 135 Å². The molecule has 22 heavy (non-hydrogen) atoms. The number of anilines is 1. The quantitative estimate of drug-likeness (QED) is 0.910. The summed E-state index contributed by atoms with van der Waals surface area (Å²) in [4.78, 5) is 14.5. The zero-order valence-electron chi connectivity index (χ0n) is 14.6. The fourth-order valence-electron chi connectivity index (χ4n) is 2.89. The summed E-state index contributed by atoms with van der Waals surface area (Å²) < 4.78 is 0. The number of nitrogens with zero attached hydrogens (tertiary/aromatic N) is 1. The van der Waals surface area contributed by atoms with E-state index < -0.39 is 0 Å². The number of benzene rings is 1. The predicted molar refractivity (Wildman–Crippen MR) is 93.1 cm³/mol. The molecule has 1 heterocycles. The molecule has 0 aromatic heterocycles. The fourth-order valence-corrected chi connectivity index (χ4v) is 2.89. The van der Waals surface area contributed by atoms with Crippen LogP contribution in [0.25, 0.3) is 0 Å². The fraction of sp³-hybridized carbons (Fsp3) is 0.632. The van der Waals surface area contributed by atoms with Gasteiger partial charge in [-0.1, -0.05) is 39.8 Å². The Hall–Kier alpha value is -1.51. The van der Waals surface area contributed by atoms with Crippen molar-refractivity contribution in [1.29, 1.82) is 0 Å². The highest BCUT2D eigenvalue weighted by Crippen LogP contribution is 2.25. The van der Waals surface area contributed by atoms with Crippen LogP contribution in [0.3, 0.4) is 0 Å². The topological polar surface area (TPSA) is 32.3 Å². The highest BCUT2D eigenvalue weighted by molar-refractivity contribution is 5.81. The molecule has 1 aliphatic heterocycles. The maximum Gasteiger partial charge on any atom is 0.225 e. The number of carbonyl (C=O) groups excluding carboxylic acids is 1. The Balaban J connectivity index is 2.00. The third-order valence-electron chi connectivity index (χ3n) is 4.44. The average molecular weight is 302 g/mol. The number of nitrogens with one attached hydrogen (secondary N) is 1. The van der Waals surface area contributed by atoms with Gasteiger partial charge in [0.2, 0.25) is 5.91 Å². The van der Waals surface area contributed by atoms with Crippen LogP contribution in [0.2, 0.25) is 0 Å². The molecule has 3 heteroatoms. The van der Waals surface area contributed by atoms with Gasteiger partial charge in [-0.25, -0.2) is 0 Å². The first-order valence-electron chi connectivity index (χ1n) is 8.43. The maximum absolute atomic E-state index is 12.1. The molecule has 0 radical (unpaired) electrons. The standard InChI is InChI=1S/C19H30N2O/c1-14-7-6-12-21(13-14)17-10-8-16(9-11-17)15(2)20-18(22)19(3,4)5/h8-11,14-15H,6-7,12-13H2,1-5H3,(H,20,22)/t14-,15+/m1/s1. The monoisotopic (exact) mass is 302 g/mol. The van der Waals surface area contributed by atoms with Crippen LogP contribution >= 0.6 is 0 Å². The number of rotatable bonds is 3. The summed E-state index contributed by atoms with van der Waals surface area (Å²) >= 11 is 0. The van der Waals surface area contributed by atoms with Crippen LogP contribution in [-0.4, -0.2) is 19.0 Å². The first kappa shape index (κ1) is 16.9. The van der Waals surface area contributed by atoms with Crippen molar-refractivity contribution < 1.29 is 4.79 Å². The lowest BCUT2D eigenvalue weighted by Crippen LogP contribution is -2.36. The van der Waals surface area contributed by atoms with E-state index in [0.29, 0.717) is 0 Å². The molecule has 3 nitrogen and oxygen atoms in total. The first-order chi connectivity index (χ1) is 10.3. The molecular formula is C19H30N2O. The summed E-state index contributed by atoms with van der Waals surface area (Å²) in [6.07, 6.45) is 2.62. The van der Waals surface area contributed by atoms with Gasteiger partial charge in [0.15, 0.2) is 0 Å². The van der Waals surface area contributed by atoms with Crippen molar-refractivity contribution in [2.24, 2.45) is 11.3 Å². The van der Waals surface area contributed by atoms with Crippen LogP contribution in [0.1, 0.15) is 59.1 Å². The van der Waals surface area contributed by atoms with Gasteiger partial charge in [-0.3, -0.25) is 4.79 Å². The van der Waals surface area contributed by atoms with Crippen LogP contribution in [0.15, 0.2) is 24.3 Å². The molecule has 1 aliphatic rings. The van der Waals surface area contributed by atoms with Gasteiger partial charge in [0.1, 0.15) is 0 Å². The van der Waals surface area contributed by atoms with Gasteiger partial charge in [0.05, 0.1) is 6.04 Å². The smallest absolute Gasteiger partial charge is 0.225 e. The summed E-state index contributed by atoms with van der Waals surface area (Å²) in [7, 11) is 0. The van der Waals surface area contributed by atoms with Crippen molar-refractivity contribution in [2.75, 3.05) is 18.0 Å². The van der Waals surface area contributed by atoms with Gasteiger partial charge in [0, 0.05) is 24.2 Å². The zero-order valence-corrected chi connectivity index (χ0v) is 14.6. The second-order valence-electron chi connectivity index (χ2n) is 7.73. The summed E-state index contributed by atoms with van der Waals surface area (Å²) in [5.74, 6) is 0.868. The third-order valence-corrected chi connectivity index (χ3v) is 4.44. The molecule has 0 bridgehead atoms. The molecular weight excluding hydrogens is 272 g/mol. The number of hydrogen-bond donors (Lipinski definition) is 1. The largest absolute Gasteiger partial charge is 0.371 e. The summed E-state index contributed by atoms with van der Waals surface area (Å²) in [5, 5.41) is 3.09. The van der Waals surface area contributed by atoms with Crippen molar-refractivity contribution in [2.45, 2.75) is 53.5 Å². The van der Waals surface area contributed by atoms with Crippen LogP contribution in [0, 0.1) is 11.3 Å². The van der Waals surface area contributed by atoms with Gasteiger partial charge in [-0.15, -0.1) is 0 Å². The maximum atomic E-state index is 12.1. The van der Waals surface area contributed by atoms with Crippen molar-refractivity contribution >= 4 is 11.6 Å². The normalized spacial score (nSPS) is 20.6. The molecule has 1 aromatic rings. The SMILES string of the molecule is C[C@@H]1CCCN(c2ccc([C@H](C)NC(=O)C(C)(C)C)cc2)C1. The van der Waals surface area contributed by atoms with Gasteiger partial charge >= 0.3 is 0 Å². The number of carbonyl (C=O) groups is 1. The van der Waals surface area contributed by atoms with Crippen molar-refractivity contribution in [3.63, 3.8) is 0 Å². The van der Waals surface area contributed by atoms with E-state index in [9.17, 15) is 4.79 Å². The van der Waals surface area contributed by atoms with Crippen molar-refractivity contribution in [3.8, 4) is 0 Å². The summed E-state index contributed by atoms with van der Waals surface area (Å²) in [5.41, 5.74) is 2.11. The van der Waals surface area contributed by atoms with E-state index in [1.807, 2.05) is 27.7 Å². The second kappa shape index (κ2) is 6.72. The van der Waals surface area contributed by atoms with E-state index in [1.165, 1.54) is 18.5 Å². The molecule has 1 aromatic carbocycles. The van der Waals surface area contributed by atoms with E-state index in [4.69, 9.17) is 0 Å². The van der Waals surface area contributed by atoms with Crippen LogP contribution < -0.4 is 10.2 Å². The number of amides is 1. The Kier molecular flexibility index (Phi) is 5.15. The van der Waals surface area contributed by atoms with Crippen LogP contribution in [-0.2, 0) is 4.79 Å². The van der Waals surface area contributed by atoms with Crippen LogP contribution in [0.4, 0.5) is 5.69 Å². The minimum atomic E-state index is -0.349. The zero-order chi connectivity index (χ0) is 16.3. The molecule has 0 aliphatic carbocycles. The minimum Gasteiger partial charge on any atom is -0.371 e. The summed E-state index contributed by atoms with van der Waals surface area (Å²) in [6.45, 7) is 12.5. The Morgan fingerprint density at radius 1 is 1.27 bits per heavy atom. The Morgan fingerprint density at radius 2 is 1.91 bits per heavy atom. The van der Waals surface area contributed by atoms with Gasteiger partial charge in [-0.2, -0.15) is 0 Å². The first-order valence-corrected chi connectivity index (χ1v) is 8.43. The Morgan fingerprint density at radius 3 is 2.45 bits per heavy atom. The van der Waals surface area contributed by atoms with E-state index in [2.05, 4.69) is 41.4 Å². The number of hydrogen-bond acceptors (Lipinski definition) is 2. The van der Waals surface area contributed by atoms with Crippen molar-refractivity contribution in [3.05, 3.63) is 29.8 Å². The van der Waals surface area contributed by atoms with E-state index in [0.717, 1.165) is 24.6 Å². The van der Waals surface area contributed by atoms with E-state index in [-0.39, 0.29) is 17.4 Å². The van der Waals surface area contributed by atoms with E-state index in [1.54, 1.807) is 0 Å². The lowest BCUT2D eigenvalue weighted by atomic mass is 9.94. The molecule has 1 saturated heterocycles. The summed E-state index contributed by atoms with van der Waals surface area (Å²) in [6, 6.07) is 8.70. The van der Waals surface area contributed by atoms with Crippen LogP contribution in [0.5, 0.6) is 0 Å². The van der Waals surface area contributed by atoms with Gasteiger partial charge in [-0.05, 0) is 43.4 Å². The highest BCUT2D eigenvalue weighted by atomic mass is 16.2. The molecule has 0 saturated carbocycles. The molecule has 0 spiro atoms. The molecule has 1 fully saturated rings. The van der Waals surface area contributed by atoms with Gasteiger partial charge in [0.25, 0.3) is 0 Å². The average Bonchev–Trinajstić information content (AvgIpc) is 2.46. The number of piperidine rings is 1. The highest BCUT2D eigenvalue weighted by Gasteiger charge is 2.23. The molecule has 122 valence electrons. The molecule has 2 atom stereocenters. The van der Waals surface area contributed by atoms with Gasteiger partial charge < -0.3 is 10.2 Å². The second-order valence-corrected chi connectivity index (χ2v) is 7.73. The Bertz CT molecular complexity index is 501. The molecule has 1 amide bonds. The lowest BCUT2D eigenvalue weighted by molar-refractivity contribution is -0.129. The van der Waals surface area contributed by atoms with E-state index >= 15 is 0 Å². The molecule has 1 N–H and O–H groups in total. The molecule has 0 unspecified atom stereocenters. The lowest BCUT2D eigenvalue weighted by Gasteiger charge is -2.33. The minimum absolute atomic E-state index is 0.0426. The predicted octanol–water partition coefficient (Wildman–Crippen LogP) is 4.15.